The second-order valence-corrected chi connectivity index (χ2v) is 6.80. The largest absolute Gasteiger partial charge is 0.508 e. The number of alkyl halides is 3. The van der Waals surface area contributed by atoms with E-state index in [2.05, 4.69) is 4.98 Å². The summed E-state index contributed by atoms with van der Waals surface area (Å²) in [5, 5.41) is 19.1. The van der Waals surface area contributed by atoms with Gasteiger partial charge in [-0.25, -0.2) is 4.98 Å². The van der Waals surface area contributed by atoms with Crippen LogP contribution in [0.5, 0.6) is 11.5 Å². The average Bonchev–Trinajstić information content (AvgIpc) is 2.74. The van der Waals surface area contributed by atoms with Crippen LogP contribution in [0.15, 0.2) is 84.9 Å². The van der Waals surface area contributed by atoms with Gasteiger partial charge >= 0.3 is 6.18 Å². The number of aromatic hydroxyl groups is 2. The third kappa shape index (κ3) is 4.12. The number of halogens is 3. The summed E-state index contributed by atoms with van der Waals surface area (Å²) < 4.78 is 38.7. The topological polar surface area (TPSA) is 53.4 Å². The molecular weight excluding hydrogens is 391 g/mol. The average molecular weight is 407 g/mol. The summed E-state index contributed by atoms with van der Waals surface area (Å²) in [6, 6.07) is 21.6. The molecule has 4 rings (SSSR count). The molecule has 0 spiro atoms. The number of pyridine rings is 1. The van der Waals surface area contributed by atoms with Crippen LogP contribution in [0.3, 0.4) is 0 Å². The molecule has 4 aromatic rings. The zero-order valence-corrected chi connectivity index (χ0v) is 15.6. The van der Waals surface area contributed by atoms with Crippen molar-refractivity contribution in [3.63, 3.8) is 0 Å². The molecule has 0 unspecified atom stereocenters. The number of phenols is 2. The Hall–Kier alpha value is -3.80. The normalized spacial score (nSPS) is 11.4. The molecule has 3 nitrogen and oxygen atoms in total. The Bertz CT molecular complexity index is 1100. The molecule has 0 amide bonds. The maximum atomic E-state index is 12.9. The summed E-state index contributed by atoms with van der Waals surface area (Å²) in [6.07, 6.45) is -4.40. The van der Waals surface area contributed by atoms with Gasteiger partial charge in [0.15, 0.2) is 0 Å². The Kier molecular flexibility index (Phi) is 4.91. The van der Waals surface area contributed by atoms with Gasteiger partial charge in [0.1, 0.15) is 11.5 Å². The molecule has 0 radical (unpaired) electrons. The summed E-state index contributed by atoms with van der Waals surface area (Å²) >= 11 is 0. The molecule has 1 heterocycles. The fourth-order valence-corrected chi connectivity index (χ4v) is 3.11. The highest BCUT2D eigenvalue weighted by Gasteiger charge is 2.30. The lowest BCUT2D eigenvalue weighted by molar-refractivity contribution is -0.137. The van der Waals surface area contributed by atoms with Crippen LogP contribution in [-0.4, -0.2) is 15.2 Å². The first-order valence-electron chi connectivity index (χ1n) is 9.08. The number of aromatic nitrogens is 1. The monoisotopic (exact) mass is 407 g/mol. The number of hydrogen-bond donors (Lipinski definition) is 2. The van der Waals surface area contributed by atoms with E-state index in [9.17, 15) is 23.4 Å². The smallest absolute Gasteiger partial charge is 0.416 e. The second kappa shape index (κ2) is 7.55. The summed E-state index contributed by atoms with van der Waals surface area (Å²) in [5.41, 5.74) is 3.32. The molecule has 3 aromatic carbocycles. The van der Waals surface area contributed by atoms with Crippen molar-refractivity contribution in [2.24, 2.45) is 0 Å². The number of nitrogens with zero attached hydrogens (tertiary/aromatic N) is 1. The summed E-state index contributed by atoms with van der Waals surface area (Å²) in [7, 11) is 0. The van der Waals surface area contributed by atoms with Gasteiger partial charge in [-0.15, -0.1) is 0 Å². The fraction of sp³-hybridized carbons (Fsp3) is 0.0417. The summed E-state index contributed by atoms with van der Waals surface area (Å²) in [5.74, 6) is 0.243. The van der Waals surface area contributed by atoms with E-state index in [4.69, 9.17) is 0 Å². The van der Waals surface area contributed by atoms with E-state index in [0.29, 0.717) is 22.5 Å². The third-order valence-electron chi connectivity index (χ3n) is 4.70. The predicted molar refractivity (Wildman–Crippen MR) is 109 cm³/mol. The molecule has 0 saturated heterocycles. The van der Waals surface area contributed by atoms with Gasteiger partial charge in [0.2, 0.25) is 0 Å². The van der Waals surface area contributed by atoms with Crippen LogP contribution in [0.2, 0.25) is 0 Å². The highest BCUT2D eigenvalue weighted by Crippen LogP contribution is 2.34. The standard InChI is InChI=1S/C24H16F3NO2/c25-24(26,27)19-7-1-15(2-8-19)18-13-22(16-3-9-20(29)10-4-16)28-23(14-18)17-5-11-21(30)12-6-17/h1-14,29-30H. The van der Waals surface area contributed by atoms with Gasteiger partial charge in [-0.2, -0.15) is 13.2 Å². The van der Waals surface area contributed by atoms with Crippen LogP contribution in [0.25, 0.3) is 33.6 Å². The van der Waals surface area contributed by atoms with Crippen molar-refractivity contribution < 1.29 is 23.4 Å². The van der Waals surface area contributed by atoms with Crippen LogP contribution in [-0.2, 0) is 6.18 Å². The van der Waals surface area contributed by atoms with Gasteiger partial charge in [0, 0.05) is 11.1 Å². The van der Waals surface area contributed by atoms with E-state index in [0.717, 1.165) is 23.3 Å². The van der Waals surface area contributed by atoms with Crippen molar-refractivity contribution in [1.82, 2.24) is 4.98 Å². The summed E-state index contributed by atoms with van der Waals surface area (Å²) in [4.78, 5) is 4.67. The molecule has 0 atom stereocenters. The summed E-state index contributed by atoms with van der Waals surface area (Å²) in [6.45, 7) is 0. The van der Waals surface area contributed by atoms with Crippen LogP contribution in [0.1, 0.15) is 5.56 Å². The Morgan fingerprint density at radius 1 is 0.533 bits per heavy atom. The molecule has 0 aliphatic carbocycles. The molecule has 0 fully saturated rings. The number of hydrogen-bond acceptors (Lipinski definition) is 3. The molecule has 0 saturated carbocycles. The van der Waals surface area contributed by atoms with E-state index in [1.54, 1.807) is 60.7 Å². The van der Waals surface area contributed by atoms with E-state index in [-0.39, 0.29) is 11.5 Å². The first kappa shape index (κ1) is 19.5. The number of phenolic OH excluding ortho intramolecular Hbond substituents is 2. The van der Waals surface area contributed by atoms with Crippen molar-refractivity contribution in [3.8, 4) is 45.1 Å². The maximum absolute atomic E-state index is 12.9. The minimum absolute atomic E-state index is 0.122. The van der Waals surface area contributed by atoms with E-state index in [1.165, 1.54) is 12.1 Å². The van der Waals surface area contributed by atoms with E-state index < -0.39 is 11.7 Å². The Morgan fingerprint density at radius 3 is 1.33 bits per heavy atom. The van der Waals surface area contributed by atoms with Crippen molar-refractivity contribution in [3.05, 3.63) is 90.5 Å². The molecule has 0 aliphatic heterocycles. The molecule has 6 heteroatoms. The zero-order valence-electron chi connectivity index (χ0n) is 15.6. The van der Waals surface area contributed by atoms with Crippen molar-refractivity contribution >= 4 is 0 Å². The minimum atomic E-state index is -4.40. The fourth-order valence-electron chi connectivity index (χ4n) is 3.11. The van der Waals surface area contributed by atoms with Gasteiger partial charge in [-0.1, -0.05) is 12.1 Å². The van der Waals surface area contributed by atoms with E-state index in [1.807, 2.05) is 0 Å². The highest BCUT2D eigenvalue weighted by atomic mass is 19.4. The molecular formula is C24H16F3NO2. The van der Waals surface area contributed by atoms with Gasteiger partial charge in [-0.05, 0) is 83.9 Å². The molecule has 2 N–H and O–H groups in total. The van der Waals surface area contributed by atoms with E-state index >= 15 is 0 Å². The van der Waals surface area contributed by atoms with Crippen molar-refractivity contribution in [2.45, 2.75) is 6.18 Å². The van der Waals surface area contributed by atoms with Crippen molar-refractivity contribution in [1.29, 1.82) is 0 Å². The van der Waals surface area contributed by atoms with Gasteiger partial charge in [0.05, 0.1) is 17.0 Å². The Labute approximate surface area is 170 Å². The molecule has 1 aromatic heterocycles. The van der Waals surface area contributed by atoms with Crippen LogP contribution >= 0.6 is 0 Å². The first-order chi connectivity index (χ1) is 14.3. The lowest BCUT2D eigenvalue weighted by Gasteiger charge is -2.12. The number of benzene rings is 3. The maximum Gasteiger partial charge on any atom is 0.416 e. The second-order valence-electron chi connectivity index (χ2n) is 6.80. The van der Waals surface area contributed by atoms with Crippen LogP contribution in [0.4, 0.5) is 13.2 Å². The number of rotatable bonds is 3. The molecule has 0 bridgehead atoms. The molecule has 0 aliphatic rings. The van der Waals surface area contributed by atoms with Gasteiger partial charge in [0.25, 0.3) is 0 Å². The highest BCUT2D eigenvalue weighted by molar-refractivity contribution is 5.77. The Balaban J connectivity index is 1.85. The first-order valence-corrected chi connectivity index (χ1v) is 9.08. The SMILES string of the molecule is Oc1ccc(-c2cc(-c3ccc(C(F)(F)F)cc3)cc(-c3ccc(O)cc3)n2)cc1. The zero-order chi connectivity index (χ0) is 21.3. The lowest BCUT2D eigenvalue weighted by Crippen LogP contribution is -2.04. The molecule has 150 valence electrons. The van der Waals surface area contributed by atoms with Crippen LogP contribution in [0, 0.1) is 0 Å². The predicted octanol–water partition coefficient (Wildman–Crippen LogP) is 6.51. The lowest BCUT2D eigenvalue weighted by atomic mass is 9.99. The van der Waals surface area contributed by atoms with Crippen LogP contribution < -0.4 is 0 Å². The third-order valence-corrected chi connectivity index (χ3v) is 4.70. The quantitative estimate of drug-likeness (QED) is 0.407. The van der Waals surface area contributed by atoms with Gasteiger partial charge in [-0.3, -0.25) is 0 Å². The minimum Gasteiger partial charge on any atom is -0.508 e. The molecule has 30 heavy (non-hydrogen) atoms. The van der Waals surface area contributed by atoms with Gasteiger partial charge < -0.3 is 10.2 Å². The Morgan fingerprint density at radius 2 is 0.933 bits per heavy atom. The van der Waals surface area contributed by atoms with Crippen molar-refractivity contribution in [2.75, 3.05) is 0 Å².